The molecule has 1 atom stereocenters. The smallest absolute Gasteiger partial charge is 0.170 e. The summed E-state index contributed by atoms with van der Waals surface area (Å²) in [6.07, 6.45) is 2.26. The van der Waals surface area contributed by atoms with Gasteiger partial charge >= 0.3 is 0 Å². The molecular formula is C14H22N2O3. The summed E-state index contributed by atoms with van der Waals surface area (Å²) in [7, 11) is 1.56. The fraction of sp³-hybridized carbons (Fsp3) is 0.500. The highest BCUT2D eigenvalue weighted by Gasteiger charge is 2.08. The molecule has 0 spiro atoms. The summed E-state index contributed by atoms with van der Waals surface area (Å²) in [5.41, 5.74) is 6.15. The van der Waals surface area contributed by atoms with Crippen molar-refractivity contribution in [1.29, 1.82) is 0 Å². The molecule has 0 bridgehead atoms. The van der Waals surface area contributed by atoms with Gasteiger partial charge in [0.15, 0.2) is 5.84 Å². The molecule has 1 aromatic rings. The van der Waals surface area contributed by atoms with Crippen molar-refractivity contribution >= 4 is 5.84 Å². The van der Waals surface area contributed by atoms with Gasteiger partial charge in [-0.1, -0.05) is 25.4 Å². The lowest BCUT2D eigenvalue weighted by Gasteiger charge is -2.14. The van der Waals surface area contributed by atoms with E-state index in [2.05, 4.69) is 19.0 Å². The molecule has 0 aliphatic heterocycles. The fourth-order valence-electron chi connectivity index (χ4n) is 1.79. The minimum absolute atomic E-state index is 0.0327. The summed E-state index contributed by atoms with van der Waals surface area (Å²) in [4.78, 5) is 0. The number of methoxy groups -OCH3 is 1. The van der Waals surface area contributed by atoms with Crippen LogP contribution in [0.25, 0.3) is 0 Å². The summed E-state index contributed by atoms with van der Waals surface area (Å²) in [5, 5.41) is 11.7. The van der Waals surface area contributed by atoms with Gasteiger partial charge in [0, 0.05) is 11.6 Å². The van der Waals surface area contributed by atoms with E-state index in [1.54, 1.807) is 25.3 Å². The molecule has 0 radical (unpaired) electrons. The zero-order valence-corrected chi connectivity index (χ0v) is 11.7. The number of hydrogen-bond acceptors (Lipinski definition) is 4. The number of amidine groups is 1. The van der Waals surface area contributed by atoms with Gasteiger partial charge in [0.25, 0.3) is 0 Å². The molecule has 1 aromatic carbocycles. The van der Waals surface area contributed by atoms with Crippen molar-refractivity contribution in [3.8, 4) is 11.5 Å². The Labute approximate surface area is 114 Å². The summed E-state index contributed by atoms with van der Waals surface area (Å²) in [6.45, 7) is 4.93. The minimum atomic E-state index is 0.0327. The average molecular weight is 266 g/mol. The Kier molecular flexibility index (Phi) is 5.99. The fourth-order valence-corrected chi connectivity index (χ4v) is 1.79. The number of ether oxygens (including phenoxy) is 2. The number of nitrogens with zero attached hydrogens (tertiary/aromatic N) is 1. The molecule has 0 aliphatic rings. The topological polar surface area (TPSA) is 77.1 Å². The number of nitrogens with two attached hydrogens (primary N) is 1. The third-order valence-electron chi connectivity index (χ3n) is 2.84. The Hall–Kier alpha value is -1.91. The number of benzene rings is 1. The average Bonchev–Trinajstić information content (AvgIpc) is 2.44. The predicted octanol–water partition coefficient (Wildman–Crippen LogP) is 2.60. The maximum Gasteiger partial charge on any atom is 0.170 e. The number of rotatable bonds is 7. The van der Waals surface area contributed by atoms with Crippen LogP contribution in [0.15, 0.2) is 23.4 Å². The third kappa shape index (κ3) is 4.69. The molecule has 0 aliphatic carbocycles. The van der Waals surface area contributed by atoms with Crippen molar-refractivity contribution in [3.63, 3.8) is 0 Å². The van der Waals surface area contributed by atoms with Crippen molar-refractivity contribution in [1.82, 2.24) is 0 Å². The zero-order valence-electron chi connectivity index (χ0n) is 11.7. The third-order valence-corrected chi connectivity index (χ3v) is 2.84. The second-order valence-electron chi connectivity index (χ2n) is 4.59. The van der Waals surface area contributed by atoms with Crippen LogP contribution in [0.5, 0.6) is 11.5 Å². The monoisotopic (exact) mass is 266 g/mol. The Morgan fingerprint density at radius 3 is 2.63 bits per heavy atom. The van der Waals surface area contributed by atoms with Crippen LogP contribution < -0.4 is 15.2 Å². The van der Waals surface area contributed by atoms with Gasteiger partial charge in [-0.25, -0.2) is 0 Å². The van der Waals surface area contributed by atoms with Crippen LogP contribution in [0.1, 0.15) is 32.3 Å². The van der Waals surface area contributed by atoms with Crippen LogP contribution in [0, 0.1) is 5.92 Å². The van der Waals surface area contributed by atoms with E-state index in [1.807, 2.05) is 0 Å². The van der Waals surface area contributed by atoms with Gasteiger partial charge in [-0.2, -0.15) is 0 Å². The minimum Gasteiger partial charge on any atom is -0.497 e. The molecule has 106 valence electrons. The molecule has 0 amide bonds. The highest BCUT2D eigenvalue weighted by molar-refractivity contribution is 5.97. The van der Waals surface area contributed by atoms with E-state index in [9.17, 15) is 0 Å². The molecule has 1 rings (SSSR count). The molecular weight excluding hydrogens is 244 g/mol. The summed E-state index contributed by atoms with van der Waals surface area (Å²) < 4.78 is 10.9. The van der Waals surface area contributed by atoms with Gasteiger partial charge in [-0.3, -0.25) is 0 Å². The normalized spacial score (nSPS) is 13.1. The first kappa shape index (κ1) is 15.1. The van der Waals surface area contributed by atoms with E-state index in [0.29, 0.717) is 29.6 Å². The largest absolute Gasteiger partial charge is 0.497 e. The maximum atomic E-state index is 8.71. The first-order valence-corrected chi connectivity index (χ1v) is 6.40. The Bertz CT molecular complexity index is 433. The van der Waals surface area contributed by atoms with Gasteiger partial charge in [-0.05, 0) is 24.5 Å². The molecule has 5 heteroatoms. The van der Waals surface area contributed by atoms with Gasteiger partial charge in [0.1, 0.15) is 11.5 Å². The Morgan fingerprint density at radius 1 is 1.37 bits per heavy atom. The number of hydrogen-bond donors (Lipinski definition) is 2. The molecule has 19 heavy (non-hydrogen) atoms. The lowest BCUT2D eigenvalue weighted by molar-refractivity contribution is 0.250. The zero-order chi connectivity index (χ0) is 14.3. The molecule has 0 saturated heterocycles. The molecule has 0 aromatic heterocycles. The molecule has 1 unspecified atom stereocenters. The Morgan fingerprint density at radius 2 is 2.05 bits per heavy atom. The number of oxime groups is 1. The van der Waals surface area contributed by atoms with E-state index in [1.165, 1.54) is 0 Å². The first-order chi connectivity index (χ1) is 9.10. The van der Waals surface area contributed by atoms with E-state index in [4.69, 9.17) is 20.4 Å². The van der Waals surface area contributed by atoms with E-state index in [-0.39, 0.29) is 5.84 Å². The van der Waals surface area contributed by atoms with Crippen molar-refractivity contribution < 1.29 is 14.7 Å². The van der Waals surface area contributed by atoms with Crippen LogP contribution in [0.3, 0.4) is 0 Å². The van der Waals surface area contributed by atoms with Crippen LogP contribution in [0.4, 0.5) is 0 Å². The molecule has 0 heterocycles. The summed E-state index contributed by atoms with van der Waals surface area (Å²) in [5.74, 6) is 1.79. The standard InChI is InChI=1S/C14H22N2O3/c1-4-5-10(2)9-19-13-7-11(14(15)16-17)6-12(8-13)18-3/h6-8,10,17H,4-5,9H2,1-3H3,(H2,15,16). The lowest BCUT2D eigenvalue weighted by Crippen LogP contribution is -2.14. The van der Waals surface area contributed by atoms with Crippen molar-refractivity contribution in [2.24, 2.45) is 16.8 Å². The predicted molar refractivity (Wildman–Crippen MR) is 75.1 cm³/mol. The van der Waals surface area contributed by atoms with Crippen LogP contribution in [-0.4, -0.2) is 24.8 Å². The van der Waals surface area contributed by atoms with Crippen molar-refractivity contribution in [3.05, 3.63) is 23.8 Å². The quantitative estimate of drug-likeness (QED) is 0.344. The molecule has 0 fully saturated rings. The maximum absolute atomic E-state index is 8.71. The highest BCUT2D eigenvalue weighted by Crippen LogP contribution is 2.23. The summed E-state index contributed by atoms with van der Waals surface area (Å²) in [6, 6.07) is 5.21. The first-order valence-electron chi connectivity index (χ1n) is 6.40. The van der Waals surface area contributed by atoms with Gasteiger partial charge < -0.3 is 20.4 Å². The highest BCUT2D eigenvalue weighted by atomic mass is 16.5. The summed E-state index contributed by atoms with van der Waals surface area (Å²) >= 11 is 0. The van der Waals surface area contributed by atoms with E-state index >= 15 is 0 Å². The molecule has 5 nitrogen and oxygen atoms in total. The molecule has 0 saturated carbocycles. The van der Waals surface area contributed by atoms with Crippen molar-refractivity contribution in [2.45, 2.75) is 26.7 Å². The van der Waals surface area contributed by atoms with E-state index < -0.39 is 0 Å². The van der Waals surface area contributed by atoms with Crippen LogP contribution in [-0.2, 0) is 0 Å². The lowest BCUT2D eigenvalue weighted by atomic mass is 10.1. The second-order valence-corrected chi connectivity index (χ2v) is 4.59. The van der Waals surface area contributed by atoms with Gasteiger partial charge in [-0.15, -0.1) is 0 Å². The Balaban J connectivity index is 2.82. The van der Waals surface area contributed by atoms with Gasteiger partial charge in [0.2, 0.25) is 0 Å². The van der Waals surface area contributed by atoms with Gasteiger partial charge in [0.05, 0.1) is 13.7 Å². The van der Waals surface area contributed by atoms with Crippen LogP contribution in [0.2, 0.25) is 0 Å². The SMILES string of the molecule is CCCC(C)COc1cc(OC)cc(/C(N)=N/O)c1. The van der Waals surface area contributed by atoms with Crippen molar-refractivity contribution in [2.75, 3.05) is 13.7 Å². The molecule has 3 N–H and O–H groups in total. The van der Waals surface area contributed by atoms with Crippen LogP contribution >= 0.6 is 0 Å². The second kappa shape index (κ2) is 7.51. The van der Waals surface area contributed by atoms with E-state index in [0.717, 1.165) is 12.8 Å².